The van der Waals surface area contributed by atoms with E-state index in [-0.39, 0.29) is 17.9 Å². The van der Waals surface area contributed by atoms with E-state index in [1.807, 2.05) is 13.1 Å². The molecule has 2 rings (SSSR count). The molecule has 8 nitrogen and oxygen atoms in total. The van der Waals surface area contributed by atoms with E-state index < -0.39 is 23.8 Å². The van der Waals surface area contributed by atoms with Crippen LogP contribution in [0.15, 0.2) is 12.2 Å². The monoisotopic (exact) mass is 474 g/mol. The number of likely N-dealkylation sites (N-methyl/N-ethyl adjacent to an activating group) is 1. The number of nitrogens with one attached hydrogen (secondary N) is 2. The van der Waals surface area contributed by atoms with Gasteiger partial charge in [-0.05, 0) is 84.1 Å². The van der Waals surface area contributed by atoms with Gasteiger partial charge in [0.15, 0.2) is 0 Å². The standard InChI is InChI=1S/C26H42N4O4/c1-18(9-6-7-11-21(17-31)29-25(33)34-26(2,3)4)13-14-20(15-27)28-24(32)23-22-12-8-10-19(22)16-30(23)5/h6,9,17-23H,7-8,10-14,16H2,1-5H3,(H,28,32)(H,29,33)/b9-6-/t18?,19-,20?,21-,22-,23?/m0/s1. The Morgan fingerprint density at radius 1 is 1.21 bits per heavy atom. The summed E-state index contributed by atoms with van der Waals surface area (Å²) in [5.41, 5.74) is -0.612. The number of carbonyl (C=O) groups is 3. The van der Waals surface area contributed by atoms with Crippen LogP contribution in [0.25, 0.3) is 0 Å². The number of nitriles is 1. The Morgan fingerprint density at radius 3 is 2.59 bits per heavy atom. The summed E-state index contributed by atoms with van der Waals surface area (Å²) in [7, 11) is 2.01. The van der Waals surface area contributed by atoms with Crippen LogP contribution in [0.2, 0.25) is 0 Å². The van der Waals surface area contributed by atoms with Crippen LogP contribution in [0.3, 0.4) is 0 Å². The molecule has 6 atom stereocenters. The number of fused-ring (bicyclic) bond motifs is 1. The average Bonchev–Trinajstić information content (AvgIpc) is 3.31. The first-order chi connectivity index (χ1) is 16.0. The Morgan fingerprint density at radius 2 is 1.94 bits per heavy atom. The number of allylic oxidation sites excluding steroid dienone is 2. The maximum Gasteiger partial charge on any atom is 0.408 e. The van der Waals surface area contributed by atoms with Gasteiger partial charge in [-0.25, -0.2) is 4.79 Å². The molecule has 190 valence electrons. The van der Waals surface area contributed by atoms with E-state index in [9.17, 15) is 19.6 Å². The normalized spacial score (nSPS) is 25.2. The molecular formula is C26H42N4O4. The van der Waals surface area contributed by atoms with Gasteiger partial charge in [0.2, 0.25) is 5.91 Å². The van der Waals surface area contributed by atoms with Crippen LogP contribution in [-0.2, 0) is 14.3 Å². The number of carbonyl (C=O) groups excluding carboxylic acids is 3. The second-order valence-corrected chi connectivity index (χ2v) is 10.9. The van der Waals surface area contributed by atoms with Crippen molar-refractivity contribution in [1.29, 1.82) is 5.26 Å². The van der Waals surface area contributed by atoms with Gasteiger partial charge >= 0.3 is 6.09 Å². The van der Waals surface area contributed by atoms with Crippen LogP contribution in [0.1, 0.15) is 72.6 Å². The summed E-state index contributed by atoms with van der Waals surface area (Å²) in [5.74, 6) is 1.26. The van der Waals surface area contributed by atoms with Crippen molar-refractivity contribution in [3.8, 4) is 6.07 Å². The molecule has 1 aliphatic heterocycles. The maximum absolute atomic E-state index is 12.9. The summed E-state index contributed by atoms with van der Waals surface area (Å²) in [6.45, 7) is 8.35. The summed E-state index contributed by atoms with van der Waals surface area (Å²) >= 11 is 0. The number of nitrogens with zero attached hydrogens (tertiary/aromatic N) is 2. The van der Waals surface area contributed by atoms with Crippen molar-refractivity contribution < 1.29 is 19.1 Å². The number of amides is 2. The number of rotatable bonds is 11. The molecule has 1 saturated heterocycles. The quantitative estimate of drug-likeness (QED) is 0.350. The van der Waals surface area contributed by atoms with Gasteiger partial charge in [-0.3, -0.25) is 9.69 Å². The fourth-order valence-electron chi connectivity index (χ4n) is 5.10. The highest BCUT2D eigenvalue weighted by Gasteiger charge is 2.46. The minimum atomic E-state index is -0.612. The topological polar surface area (TPSA) is 112 Å². The average molecular weight is 475 g/mol. The minimum absolute atomic E-state index is 0.0102. The Labute approximate surface area is 204 Å². The molecule has 1 aliphatic carbocycles. The van der Waals surface area contributed by atoms with Gasteiger partial charge in [0.1, 0.15) is 17.9 Å². The molecule has 2 N–H and O–H groups in total. The van der Waals surface area contributed by atoms with Crippen molar-refractivity contribution in [3.63, 3.8) is 0 Å². The highest BCUT2D eigenvalue weighted by atomic mass is 16.6. The molecule has 8 heteroatoms. The molecule has 0 aromatic heterocycles. The molecule has 0 spiro atoms. The summed E-state index contributed by atoms with van der Waals surface area (Å²) < 4.78 is 5.18. The number of hydrogen-bond acceptors (Lipinski definition) is 6. The zero-order valence-corrected chi connectivity index (χ0v) is 21.4. The van der Waals surface area contributed by atoms with Gasteiger partial charge in [-0.1, -0.05) is 25.5 Å². The largest absolute Gasteiger partial charge is 0.444 e. The molecule has 0 bridgehead atoms. The van der Waals surface area contributed by atoms with E-state index >= 15 is 0 Å². The SMILES string of the molecule is CC(/C=C\CC[C@@H](C=O)NC(=O)OC(C)(C)C)CCC(C#N)NC(=O)C1[C@H]2CCC[C@H]2CN1C. The molecule has 2 amide bonds. The van der Waals surface area contributed by atoms with Gasteiger partial charge in [0, 0.05) is 6.54 Å². The maximum atomic E-state index is 12.9. The first-order valence-corrected chi connectivity index (χ1v) is 12.6. The Hall–Kier alpha value is -2.40. The molecule has 2 fully saturated rings. The third-order valence-corrected chi connectivity index (χ3v) is 6.75. The fourth-order valence-corrected chi connectivity index (χ4v) is 5.10. The summed E-state index contributed by atoms with van der Waals surface area (Å²) in [4.78, 5) is 38.1. The molecule has 0 aromatic rings. The Kier molecular flexibility index (Phi) is 10.6. The number of likely N-dealkylation sites (tertiary alicyclic amines) is 1. The second kappa shape index (κ2) is 12.9. The van der Waals surface area contributed by atoms with Crippen molar-refractivity contribution >= 4 is 18.3 Å². The van der Waals surface area contributed by atoms with E-state index in [0.717, 1.165) is 25.7 Å². The van der Waals surface area contributed by atoms with Crippen LogP contribution in [0.4, 0.5) is 4.79 Å². The lowest BCUT2D eigenvalue weighted by Crippen LogP contribution is -2.48. The minimum Gasteiger partial charge on any atom is -0.444 e. The van der Waals surface area contributed by atoms with E-state index in [0.29, 0.717) is 31.1 Å². The zero-order valence-electron chi connectivity index (χ0n) is 21.4. The molecule has 0 aromatic carbocycles. The van der Waals surface area contributed by atoms with Crippen LogP contribution in [-0.4, -0.2) is 60.5 Å². The third kappa shape index (κ3) is 8.75. The molecule has 0 radical (unpaired) electrons. The Bertz CT molecular complexity index is 770. The third-order valence-electron chi connectivity index (χ3n) is 6.75. The zero-order chi connectivity index (χ0) is 25.3. The first kappa shape index (κ1) is 27.8. The summed E-state index contributed by atoms with van der Waals surface area (Å²) in [6, 6.07) is 1.05. The molecule has 2 aliphatic rings. The lowest BCUT2D eigenvalue weighted by atomic mass is 9.93. The number of ether oxygens (including phenoxy) is 1. The van der Waals surface area contributed by atoms with Gasteiger partial charge in [0.25, 0.3) is 0 Å². The predicted molar refractivity (Wildman–Crippen MR) is 131 cm³/mol. The summed E-state index contributed by atoms with van der Waals surface area (Å²) in [5, 5.41) is 15.1. The van der Waals surface area contributed by atoms with Crippen molar-refractivity contribution in [2.75, 3.05) is 13.6 Å². The lowest BCUT2D eigenvalue weighted by Gasteiger charge is -2.24. The highest BCUT2D eigenvalue weighted by Crippen LogP contribution is 2.41. The van der Waals surface area contributed by atoms with Crippen LogP contribution in [0.5, 0.6) is 0 Å². The Balaban J connectivity index is 1.70. The second-order valence-electron chi connectivity index (χ2n) is 10.9. The fraction of sp³-hybridized carbons (Fsp3) is 0.769. The van der Waals surface area contributed by atoms with Crippen LogP contribution in [0, 0.1) is 29.1 Å². The van der Waals surface area contributed by atoms with Crippen molar-refractivity contribution in [1.82, 2.24) is 15.5 Å². The predicted octanol–water partition coefficient (Wildman–Crippen LogP) is 3.57. The molecule has 3 unspecified atom stereocenters. The lowest BCUT2D eigenvalue weighted by molar-refractivity contribution is -0.126. The van der Waals surface area contributed by atoms with Crippen LogP contribution >= 0.6 is 0 Å². The smallest absolute Gasteiger partial charge is 0.408 e. The van der Waals surface area contributed by atoms with E-state index in [1.54, 1.807) is 20.8 Å². The van der Waals surface area contributed by atoms with Gasteiger partial charge in [-0.2, -0.15) is 5.26 Å². The molecular weight excluding hydrogens is 432 g/mol. The number of hydrogen-bond donors (Lipinski definition) is 2. The molecule has 34 heavy (non-hydrogen) atoms. The van der Waals surface area contributed by atoms with Crippen molar-refractivity contribution in [3.05, 3.63) is 12.2 Å². The number of aldehydes is 1. The van der Waals surface area contributed by atoms with Gasteiger partial charge in [-0.15, -0.1) is 0 Å². The van der Waals surface area contributed by atoms with Gasteiger partial charge < -0.3 is 20.2 Å². The van der Waals surface area contributed by atoms with E-state index in [2.05, 4.69) is 34.6 Å². The van der Waals surface area contributed by atoms with Crippen molar-refractivity contribution in [2.24, 2.45) is 17.8 Å². The molecule has 1 heterocycles. The summed E-state index contributed by atoms with van der Waals surface area (Å²) in [6.07, 6.45) is 10.2. The highest BCUT2D eigenvalue weighted by molar-refractivity contribution is 5.83. The number of alkyl carbamates (subject to hydrolysis) is 1. The van der Waals surface area contributed by atoms with Crippen molar-refractivity contribution in [2.45, 2.75) is 96.4 Å². The van der Waals surface area contributed by atoms with E-state index in [4.69, 9.17) is 4.74 Å². The first-order valence-electron chi connectivity index (χ1n) is 12.6. The van der Waals surface area contributed by atoms with E-state index in [1.165, 1.54) is 12.8 Å². The molecule has 1 saturated carbocycles. The van der Waals surface area contributed by atoms with Gasteiger partial charge in [0.05, 0.1) is 18.2 Å². The van der Waals surface area contributed by atoms with Crippen LogP contribution < -0.4 is 10.6 Å².